The van der Waals surface area contributed by atoms with Crippen LogP contribution in [0.3, 0.4) is 0 Å². The van der Waals surface area contributed by atoms with Crippen LogP contribution >= 0.6 is 11.3 Å². The molecule has 1 saturated heterocycles. The van der Waals surface area contributed by atoms with Gasteiger partial charge in [0.25, 0.3) is 0 Å². The van der Waals surface area contributed by atoms with E-state index < -0.39 is 0 Å². The van der Waals surface area contributed by atoms with Crippen molar-refractivity contribution in [1.29, 1.82) is 5.41 Å². The molecule has 0 aromatic carbocycles. The topological polar surface area (TPSA) is 57.3 Å². The number of aliphatic imine (C=N–C) groups is 1. The van der Waals surface area contributed by atoms with Crippen LogP contribution in [0, 0.1) is 5.41 Å². The van der Waals surface area contributed by atoms with Crippen LogP contribution in [0.2, 0.25) is 0 Å². The summed E-state index contributed by atoms with van der Waals surface area (Å²) in [4.78, 5) is 10.9. The van der Waals surface area contributed by atoms with E-state index in [1.807, 2.05) is 24.6 Å². The van der Waals surface area contributed by atoms with Crippen LogP contribution in [0.15, 0.2) is 22.6 Å². The Kier molecular flexibility index (Phi) is 5.81. The van der Waals surface area contributed by atoms with Gasteiger partial charge in [-0.1, -0.05) is 6.08 Å². The highest BCUT2D eigenvalue weighted by Crippen LogP contribution is 2.16. The van der Waals surface area contributed by atoms with Crippen LogP contribution in [-0.2, 0) is 6.54 Å². The standard InChI is InChI=1S/C19H25N5S/c1-3-15-8-12-24(17(15)7-9-21-2)13-18-22-16(14-25-18)19(20)23-10-5-4-6-11-23/h3,7-9,12,14,20H,4-6,10-11,13H2,1-2H3/b15-3-,17-7+,20-19?,21-9?. The molecule has 132 valence electrons. The Labute approximate surface area is 152 Å². The van der Waals surface area contributed by atoms with Crippen molar-refractivity contribution in [3.8, 4) is 0 Å². The smallest absolute Gasteiger partial charge is 0.147 e. The molecule has 6 heteroatoms. The second-order valence-corrected chi connectivity index (χ2v) is 7.11. The molecule has 1 aliphatic heterocycles. The fraction of sp³-hybridized carbons (Fsp3) is 0.421. The number of amidine groups is 1. The van der Waals surface area contributed by atoms with Gasteiger partial charge in [0.2, 0.25) is 0 Å². The van der Waals surface area contributed by atoms with Crippen LogP contribution in [0.4, 0.5) is 0 Å². The molecule has 0 radical (unpaired) electrons. The largest absolute Gasteiger partial charge is 0.355 e. The molecule has 1 N–H and O–H groups in total. The molecule has 3 heterocycles. The van der Waals surface area contributed by atoms with Crippen LogP contribution in [0.25, 0.3) is 12.2 Å². The van der Waals surface area contributed by atoms with Crippen molar-refractivity contribution in [2.24, 2.45) is 4.99 Å². The van der Waals surface area contributed by atoms with Crippen molar-refractivity contribution in [2.75, 3.05) is 20.1 Å². The third-order valence-corrected chi connectivity index (χ3v) is 5.34. The van der Waals surface area contributed by atoms with Crippen LogP contribution < -0.4 is 10.6 Å². The normalized spacial score (nSPS) is 17.0. The van der Waals surface area contributed by atoms with E-state index in [9.17, 15) is 0 Å². The number of nitrogens with zero attached hydrogens (tertiary/aromatic N) is 4. The van der Waals surface area contributed by atoms with Gasteiger partial charge < -0.3 is 9.47 Å². The first kappa shape index (κ1) is 17.6. The molecule has 0 amide bonds. The predicted molar refractivity (Wildman–Crippen MR) is 106 cm³/mol. The molecular weight excluding hydrogens is 330 g/mol. The van der Waals surface area contributed by atoms with Gasteiger partial charge in [-0.2, -0.15) is 0 Å². The van der Waals surface area contributed by atoms with Gasteiger partial charge in [0, 0.05) is 43.3 Å². The minimum absolute atomic E-state index is 0.571. The number of nitrogens with one attached hydrogen (secondary N) is 1. The summed E-state index contributed by atoms with van der Waals surface area (Å²) in [6.45, 7) is 4.72. The molecule has 0 unspecified atom stereocenters. The fourth-order valence-electron chi connectivity index (χ4n) is 3.14. The molecule has 2 aromatic rings. The van der Waals surface area contributed by atoms with E-state index in [0.717, 1.165) is 35.7 Å². The van der Waals surface area contributed by atoms with Gasteiger partial charge in [-0.25, -0.2) is 4.98 Å². The maximum absolute atomic E-state index is 8.42. The molecule has 2 aromatic heterocycles. The number of thiazole rings is 1. The molecule has 5 nitrogen and oxygen atoms in total. The Morgan fingerprint density at radius 3 is 2.88 bits per heavy atom. The number of hydrogen-bond donors (Lipinski definition) is 1. The van der Waals surface area contributed by atoms with Gasteiger partial charge in [0.15, 0.2) is 0 Å². The molecule has 0 saturated carbocycles. The third-order valence-electron chi connectivity index (χ3n) is 4.50. The Hall–Kier alpha value is -2.21. The average molecular weight is 356 g/mol. The van der Waals surface area contributed by atoms with Gasteiger partial charge in [-0.15, -0.1) is 11.3 Å². The first-order valence-electron chi connectivity index (χ1n) is 8.75. The zero-order valence-corrected chi connectivity index (χ0v) is 15.7. The van der Waals surface area contributed by atoms with E-state index in [4.69, 9.17) is 10.4 Å². The summed E-state index contributed by atoms with van der Waals surface area (Å²) < 4.78 is 2.18. The minimum Gasteiger partial charge on any atom is -0.355 e. The highest BCUT2D eigenvalue weighted by atomic mass is 32.1. The maximum Gasteiger partial charge on any atom is 0.147 e. The number of piperidine rings is 1. The SMILES string of the molecule is C/C=c1/ccn(Cc2nc(C(=N)N3CCCCC3)cs2)/c1=C/C=NC. The third kappa shape index (κ3) is 4.07. The van der Waals surface area contributed by atoms with Crippen molar-refractivity contribution >= 4 is 35.5 Å². The summed E-state index contributed by atoms with van der Waals surface area (Å²) in [5.74, 6) is 0.571. The lowest BCUT2D eigenvalue weighted by Crippen LogP contribution is -2.35. The lowest BCUT2D eigenvalue weighted by Gasteiger charge is -2.28. The van der Waals surface area contributed by atoms with Crippen molar-refractivity contribution < 1.29 is 0 Å². The zero-order valence-electron chi connectivity index (χ0n) is 14.9. The number of hydrogen-bond acceptors (Lipinski definition) is 4. The second-order valence-electron chi connectivity index (χ2n) is 6.17. The van der Waals surface area contributed by atoms with Crippen LogP contribution in [0.1, 0.15) is 36.9 Å². The monoisotopic (exact) mass is 355 g/mol. The van der Waals surface area contributed by atoms with Crippen molar-refractivity contribution in [1.82, 2.24) is 14.5 Å². The predicted octanol–water partition coefficient (Wildman–Crippen LogP) is 2.09. The van der Waals surface area contributed by atoms with E-state index in [-0.39, 0.29) is 0 Å². The minimum atomic E-state index is 0.571. The summed E-state index contributed by atoms with van der Waals surface area (Å²) in [6.07, 6.45) is 11.7. The number of aromatic nitrogens is 2. The lowest BCUT2D eigenvalue weighted by atomic mass is 10.1. The number of likely N-dealkylation sites (tertiary alicyclic amines) is 1. The molecule has 0 aliphatic carbocycles. The van der Waals surface area contributed by atoms with E-state index >= 15 is 0 Å². The van der Waals surface area contributed by atoms with Gasteiger partial charge in [-0.05, 0) is 43.5 Å². The molecular formula is C19H25N5S. The molecule has 1 aliphatic rings. The van der Waals surface area contributed by atoms with Crippen molar-refractivity contribution in [3.63, 3.8) is 0 Å². The maximum atomic E-state index is 8.42. The summed E-state index contributed by atoms with van der Waals surface area (Å²) in [5.41, 5.74) is 0.803. The van der Waals surface area contributed by atoms with Gasteiger partial charge in [0.1, 0.15) is 16.5 Å². The summed E-state index contributed by atoms with van der Waals surface area (Å²) in [5, 5.41) is 13.8. The molecule has 0 atom stereocenters. The summed E-state index contributed by atoms with van der Waals surface area (Å²) in [7, 11) is 1.78. The quantitative estimate of drug-likeness (QED) is 0.674. The fourth-order valence-corrected chi connectivity index (χ4v) is 3.92. The molecule has 0 spiro atoms. The van der Waals surface area contributed by atoms with E-state index in [1.165, 1.54) is 24.5 Å². The van der Waals surface area contributed by atoms with E-state index in [1.54, 1.807) is 18.4 Å². The van der Waals surface area contributed by atoms with Crippen LogP contribution in [0.5, 0.6) is 0 Å². The lowest BCUT2D eigenvalue weighted by molar-refractivity contribution is 0.340. The first-order chi connectivity index (χ1) is 12.2. The highest BCUT2D eigenvalue weighted by Gasteiger charge is 2.17. The molecule has 1 fully saturated rings. The van der Waals surface area contributed by atoms with Crippen molar-refractivity contribution in [2.45, 2.75) is 32.7 Å². The molecule has 0 bridgehead atoms. The second kappa shape index (κ2) is 8.25. The van der Waals surface area contributed by atoms with Gasteiger partial charge in [-0.3, -0.25) is 10.4 Å². The Morgan fingerprint density at radius 1 is 1.36 bits per heavy atom. The van der Waals surface area contributed by atoms with E-state index in [0.29, 0.717) is 5.84 Å². The summed E-state index contributed by atoms with van der Waals surface area (Å²) in [6, 6.07) is 2.11. The van der Waals surface area contributed by atoms with Gasteiger partial charge >= 0.3 is 0 Å². The van der Waals surface area contributed by atoms with E-state index in [2.05, 4.69) is 32.8 Å². The van der Waals surface area contributed by atoms with Crippen LogP contribution in [-0.4, -0.2) is 46.6 Å². The number of rotatable bonds is 4. The highest BCUT2D eigenvalue weighted by molar-refractivity contribution is 7.09. The zero-order chi connectivity index (χ0) is 17.6. The Bertz CT molecular complexity index is 868. The molecule has 25 heavy (non-hydrogen) atoms. The van der Waals surface area contributed by atoms with Gasteiger partial charge in [0.05, 0.1) is 6.54 Å². The Balaban J connectivity index is 1.80. The average Bonchev–Trinajstić information content (AvgIpc) is 3.27. The molecule has 3 rings (SSSR count). The van der Waals surface area contributed by atoms with Crippen molar-refractivity contribution in [3.05, 3.63) is 38.9 Å². The first-order valence-corrected chi connectivity index (χ1v) is 9.63. The Morgan fingerprint density at radius 2 is 2.16 bits per heavy atom. The summed E-state index contributed by atoms with van der Waals surface area (Å²) >= 11 is 1.63.